The fourth-order valence-corrected chi connectivity index (χ4v) is 2.07. The van der Waals surface area contributed by atoms with Crippen LogP contribution in [0.3, 0.4) is 0 Å². The number of urea groups is 1. The summed E-state index contributed by atoms with van der Waals surface area (Å²) in [6.07, 6.45) is 5.92. The van der Waals surface area contributed by atoms with Crippen molar-refractivity contribution < 1.29 is 4.79 Å². The molecule has 1 fully saturated rings. The highest BCUT2D eigenvalue weighted by atomic mass is 16.2. The van der Waals surface area contributed by atoms with E-state index in [-0.39, 0.29) is 12.1 Å². The average Bonchev–Trinajstić information content (AvgIpc) is 2.21. The first kappa shape index (κ1) is 12.3. The Kier molecular flexibility index (Phi) is 4.92. The second-order valence-corrected chi connectivity index (χ2v) is 4.80. The van der Waals surface area contributed by atoms with Crippen LogP contribution in [0.4, 0.5) is 4.79 Å². The molecule has 0 heterocycles. The van der Waals surface area contributed by atoms with Gasteiger partial charge in [-0.1, -0.05) is 26.7 Å². The summed E-state index contributed by atoms with van der Waals surface area (Å²) in [6, 6.07) is 0.648. The molecular weight excluding hydrogens is 188 g/mol. The SMILES string of the molecule is CC[C@H](C)NC(=O)N[C@@H]1CCCC[C@H]1C. The zero-order chi connectivity index (χ0) is 11.3. The Hall–Kier alpha value is -0.730. The van der Waals surface area contributed by atoms with Crippen LogP contribution in [0.1, 0.15) is 52.9 Å². The van der Waals surface area contributed by atoms with Crippen molar-refractivity contribution in [2.45, 2.75) is 65.0 Å². The first-order valence-corrected chi connectivity index (χ1v) is 6.20. The Morgan fingerprint density at radius 3 is 2.67 bits per heavy atom. The minimum Gasteiger partial charge on any atom is -0.336 e. The van der Waals surface area contributed by atoms with Crippen LogP contribution in [-0.2, 0) is 0 Å². The van der Waals surface area contributed by atoms with Crippen molar-refractivity contribution >= 4 is 6.03 Å². The maximum atomic E-state index is 11.6. The first-order valence-electron chi connectivity index (χ1n) is 6.20. The number of carbonyl (C=O) groups is 1. The van der Waals surface area contributed by atoms with Gasteiger partial charge in [-0.3, -0.25) is 0 Å². The summed E-state index contributed by atoms with van der Waals surface area (Å²) in [5.74, 6) is 0.626. The van der Waals surface area contributed by atoms with E-state index in [2.05, 4.69) is 24.5 Å². The fourth-order valence-electron chi connectivity index (χ4n) is 2.07. The monoisotopic (exact) mass is 212 g/mol. The van der Waals surface area contributed by atoms with Crippen LogP contribution >= 0.6 is 0 Å². The van der Waals surface area contributed by atoms with Gasteiger partial charge in [0.05, 0.1) is 0 Å². The summed E-state index contributed by atoms with van der Waals surface area (Å²) < 4.78 is 0. The number of amides is 2. The molecule has 0 aromatic heterocycles. The lowest BCUT2D eigenvalue weighted by Gasteiger charge is -2.30. The summed E-state index contributed by atoms with van der Waals surface area (Å²) in [7, 11) is 0. The van der Waals surface area contributed by atoms with Crippen molar-refractivity contribution in [1.82, 2.24) is 10.6 Å². The lowest BCUT2D eigenvalue weighted by Crippen LogP contribution is -2.48. The van der Waals surface area contributed by atoms with Gasteiger partial charge in [-0.2, -0.15) is 0 Å². The molecule has 0 bridgehead atoms. The second-order valence-electron chi connectivity index (χ2n) is 4.80. The van der Waals surface area contributed by atoms with Gasteiger partial charge in [0.25, 0.3) is 0 Å². The van der Waals surface area contributed by atoms with Gasteiger partial charge < -0.3 is 10.6 Å². The van der Waals surface area contributed by atoms with Crippen molar-refractivity contribution in [1.29, 1.82) is 0 Å². The smallest absolute Gasteiger partial charge is 0.315 e. The first-order chi connectivity index (χ1) is 7.13. The van der Waals surface area contributed by atoms with Crippen LogP contribution in [0.25, 0.3) is 0 Å². The fraction of sp³-hybridized carbons (Fsp3) is 0.917. The maximum absolute atomic E-state index is 11.6. The second kappa shape index (κ2) is 5.99. The molecule has 0 aliphatic heterocycles. The molecule has 1 aliphatic rings. The topological polar surface area (TPSA) is 41.1 Å². The minimum atomic E-state index is 0.00287. The molecule has 15 heavy (non-hydrogen) atoms. The largest absolute Gasteiger partial charge is 0.336 e. The van der Waals surface area contributed by atoms with Crippen molar-refractivity contribution in [2.24, 2.45) is 5.92 Å². The van der Waals surface area contributed by atoms with E-state index in [1.54, 1.807) is 0 Å². The average molecular weight is 212 g/mol. The Bertz CT molecular complexity index is 206. The third-order valence-electron chi connectivity index (χ3n) is 3.42. The van der Waals surface area contributed by atoms with E-state index in [0.29, 0.717) is 12.0 Å². The third kappa shape index (κ3) is 4.10. The summed E-state index contributed by atoms with van der Waals surface area (Å²) >= 11 is 0. The Labute approximate surface area is 93.0 Å². The lowest BCUT2D eigenvalue weighted by atomic mass is 9.86. The normalized spacial score (nSPS) is 28.2. The van der Waals surface area contributed by atoms with Crippen LogP contribution < -0.4 is 10.6 Å². The van der Waals surface area contributed by atoms with E-state index in [1.807, 2.05) is 6.92 Å². The molecule has 3 atom stereocenters. The highest BCUT2D eigenvalue weighted by Crippen LogP contribution is 2.23. The van der Waals surface area contributed by atoms with Crippen molar-refractivity contribution in [3.05, 3.63) is 0 Å². The summed E-state index contributed by atoms with van der Waals surface area (Å²) in [4.78, 5) is 11.6. The summed E-state index contributed by atoms with van der Waals surface area (Å²) in [5.41, 5.74) is 0. The maximum Gasteiger partial charge on any atom is 0.315 e. The molecule has 0 aromatic rings. The van der Waals surface area contributed by atoms with Crippen LogP contribution in [0.15, 0.2) is 0 Å². The van der Waals surface area contributed by atoms with Crippen LogP contribution in [0, 0.1) is 5.92 Å². The van der Waals surface area contributed by atoms with E-state index < -0.39 is 0 Å². The zero-order valence-electron chi connectivity index (χ0n) is 10.2. The predicted octanol–water partition coefficient (Wildman–Crippen LogP) is 2.66. The molecule has 2 N–H and O–H groups in total. The van der Waals surface area contributed by atoms with Gasteiger partial charge in [0, 0.05) is 12.1 Å². The molecule has 0 saturated heterocycles. The molecule has 1 rings (SSSR count). The molecule has 3 nitrogen and oxygen atoms in total. The van der Waals surface area contributed by atoms with Crippen LogP contribution in [0.2, 0.25) is 0 Å². The van der Waals surface area contributed by atoms with Crippen LogP contribution in [-0.4, -0.2) is 18.1 Å². The van der Waals surface area contributed by atoms with E-state index in [9.17, 15) is 4.79 Å². The van der Waals surface area contributed by atoms with E-state index in [0.717, 1.165) is 12.8 Å². The lowest BCUT2D eigenvalue weighted by molar-refractivity contribution is 0.218. The Morgan fingerprint density at radius 2 is 2.07 bits per heavy atom. The quantitative estimate of drug-likeness (QED) is 0.742. The third-order valence-corrected chi connectivity index (χ3v) is 3.42. The molecule has 0 radical (unpaired) electrons. The van der Waals surface area contributed by atoms with E-state index in [4.69, 9.17) is 0 Å². The number of hydrogen-bond acceptors (Lipinski definition) is 1. The van der Waals surface area contributed by atoms with Crippen molar-refractivity contribution in [3.8, 4) is 0 Å². The van der Waals surface area contributed by atoms with Gasteiger partial charge >= 0.3 is 6.03 Å². The standard InChI is InChI=1S/C12H24N2O/c1-4-10(3)13-12(15)14-11-8-6-5-7-9(11)2/h9-11H,4-8H2,1-3H3,(H2,13,14,15)/t9-,10+,11-/m1/s1. The molecule has 1 aliphatic carbocycles. The number of carbonyl (C=O) groups excluding carboxylic acids is 1. The van der Waals surface area contributed by atoms with Crippen LogP contribution in [0.5, 0.6) is 0 Å². The molecule has 3 heteroatoms. The Morgan fingerprint density at radius 1 is 1.40 bits per heavy atom. The van der Waals surface area contributed by atoms with Gasteiger partial charge in [-0.15, -0.1) is 0 Å². The molecule has 0 unspecified atom stereocenters. The zero-order valence-corrected chi connectivity index (χ0v) is 10.2. The Balaban J connectivity index is 2.29. The predicted molar refractivity (Wildman–Crippen MR) is 62.8 cm³/mol. The molecular formula is C12H24N2O. The molecule has 1 saturated carbocycles. The van der Waals surface area contributed by atoms with E-state index in [1.165, 1.54) is 19.3 Å². The van der Waals surface area contributed by atoms with Gasteiger partial charge in [-0.25, -0.2) is 4.79 Å². The molecule has 88 valence electrons. The van der Waals surface area contributed by atoms with Crippen molar-refractivity contribution in [2.75, 3.05) is 0 Å². The minimum absolute atomic E-state index is 0.00287. The highest BCUT2D eigenvalue weighted by molar-refractivity contribution is 5.74. The van der Waals surface area contributed by atoms with E-state index >= 15 is 0 Å². The van der Waals surface area contributed by atoms with Gasteiger partial charge in [0.15, 0.2) is 0 Å². The van der Waals surface area contributed by atoms with Crippen molar-refractivity contribution in [3.63, 3.8) is 0 Å². The summed E-state index contributed by atoms with van der Waals surface area (Å²) in [6.45, 7) is 6.34. The van der Waals surface area contributed by atoms with Gasteiger partial charge in [-0.05, 0) is 32.1 Å². The number of rotatable bonds is 3. The molecule has 0 aromatic carbocycles. The number of nitrogens with one attached hydrogen (secondary N) is 2. The van der Waals surface area contributed by atoms with Gasteiger partial charge in [0.2, 0.25) is 0 Å². The summed E-state index contributed by atoms with van der Waals surface area (Å²) in [5, 5.41) is 6.03. The molecule has 2 amide bonds. The highest BCUT2D eigenvalue weighted by Gasteiger charge is 2.22. The molecule has 0 spiro atoms. The van der Waals surface area contributed by atoms with Gasteiger partial charge in [0.1, 0.15) is 0 Å². The number of hydrogen-bond donors (Lipinski definition) is 2.